The van der Waals surface area contributed by atoms with E-state index < -0.39 is 0 Å². The number of aromatic hydroxyl groups is 1. The van der Waals surface area contributed by atoms with Crippen LogP contribution in [0, 0.1) is 6.92 Å². The third-order valence-electron chi connectivity index (χ3n) is 5.07. The normalized spacial score (nSPS) is 15.5. The highest BCUT2D eigenvalue weighted by molar-refractivity contribution is 5.84. The molecule has 1 aliphatic heterocycles. The van der Waals surface area contributed by atoms with Gasteiger partial charge in [0.15, 0.2) is 0 Å². The van der Waals surface area contributed by atoms with Crippen molar-refractivity contribution in [2.45, 2.75) is 13.5 Å². The van der Waals surface area contributed by atoms with Gasteiger partial charge in [0.2, 0.25) is 0 Å². The molecule has 134 valence electrons. The van der Waals surface area contributed by atoms with Crippen molar-refractivity contribution >= 4 is 16.7 Å². The first-order chi connectivity index (χ1) is 12.6. The van der Waals surface area contributed by atoms with Crippen molar-refractivity contribution in [3.8, 4) is 5.75 Å². The fourth-order valence-corrected chi connectivity index (χ4v) is 3.61. The summed E-state index contributed by atoms with van der Waals surface area (Å²) in [7, 11) is 0. The molecule has 1 N–H and O–H groups in total. The molecule has 0 unspecified atom stereocenters. The Balaban J connectivity index is 1.55. The average molecular weight is 350 g/mol. The lowest BCUT2D eigenvalue weighted by molar-refractivity contribution is 0.246. The Bertz CT molecular complexity index is 974. The molecule has 3 aromatic rings. The van der Waals surface area contributed by atoms with Crippen LogP contribution in [-0.2, 0) is 6.54 Å². The third-order valence-corrected chi connectivity index (χ3v) is 5.07. The smallest absolute Gasteiger partial charge is 0.336 e. The molecule has 26 heavy (non-hydrogen) atoms. The minimum absolute atomic E-state index is 0.178. The molecule has 0 bridgehead atoms. The van der Waals surface area contributed by atoms with Crippen molar-refractivity contribution in [1.82, 2.24) is 4.90 Å². The van der Waals surface area contributed by atoms with Crippen molar-refractivity contribution in [3.05, 3.63) is 70.1 Å². The van der Waals surface area contributed by atoms with Crippen LogP contribution >= 0.6 is 0 Å². The first kappa shape index (κ1) is 16.7. The summed E-state index contributed by atoms with van der Waals surface area (Å²) in [6.45, 7) is 6.09. The third kappa shape index (κ3) is 3.18. The van der Waals surface area contributed by atoms with E-state index in [-0.39, 0.29) is 11.4 Å². The van der Waals surface area contributed by atoms with Gasteiger partial charge in [-0.1, -0.05) is 18.2 Å². The molecule has 1 saturated heterocycles. The number of benzene rings is 2. The average Bonchev–Trinajstić information content (AvgIpc) is 2.65. The minimum Gasteiger partial charge on any atom is -0.507 e. The maximum absolute atomic E-state index is 11.8. The second kappa shape index (κ2) is 6.84. The Labute approximate surface area is 152 Å². The van der Waals surface area contributed by atoms with E-state index in [4.69, 9.17) is 4.42 Å². The van der Waals surface area contributed by atoms with Crippen LogP contribution in [0.2, 0.25) is 0 Å². The summed E-state index contributed by atoms with van der Waals surface area (Å²) in [5, 5.41) is 11.2. The molecule has 0 amide bonds. The number of anilines is 1. The number of rotatable bonds is 3. The van der Waals surface area contributed by atoms with Crippen LogP contribution in [0.4, 0.5) is 5.69 Å². The fourth-order valence-electron chi connectivity index (χ4n) is 3.61. The van der Waals surface area contributed by atoms with Crippen molar-refractivity contribution in [2.24, 2.45) is 0 Å². The topological polar surface area (TPSA) is 56.9 Å². The molecule has 5 heteroatoms. The second-order valence-electron chi connectivity index (χ2n) is 6.79. The molecule has 0 radical (unpaired) electrons. The zero-order chi connectivity index (χ0) is 18.1. The van der Waals surface area contributed by atoms with Gasteiger partial charge in [-0.25, -0.2) is 4.79 Å². The maximum Gasteiger partial charge on any atom is 0.336 e. The van der Waals surface area contributed by atoms with E-state index in [9.17, 15) is 9.90 Å². The van der Waals surface area contributed by atoms with Gasteiger partial charge in [0.1, 0.15) is 11.3 Å². The second-order valence-corrected chi connectivity index (χ2v) is 6.79. The van der Waals surface area contributed by atoms with Gasteiger partial charge in [-0.2, -0.15) is 0 Å². The van der Waals surface area contributed by atoms with Crippen LogP contribution in [0.1, 0.15) is 11.1 Å². The summed E-state index contributed by atoms with van der Waals surface area (Å²) < 4.78 is 5.43. The first-order valence-electron chi connectivity index (χ1n) is 8.89. The van der Waals surface area contributed by atoms with Crippen LogP contribution in [0.25, 0.3) is 11.0 Å². The molecule has 2 aromatic carbocycles. The van der Waals surface area contributed by atoms with Crippen LogP contribution in [0.5, 0.6) is 5.75 Å². The molecule has 0 atom stereocenters. The van der Waals surface area contributed by atoms with Gasteiger partial charge < -0.3 is 14.4 Å². The van der Waals surface area contributed by atoms with Gasteiger partial charge in [-0.05, 0) is 36.8 Å². The first-order valence-corrected chi connectivity index (χ1v) is 8.89. The molecule has 4 rings (SSSR count). The van der Waals surface area contributed by atoms with Crippen molar-refractivity contribution in [2.75, 3.05) is 31.1 Å². The summed E-state index contributed by atoms with van der Waals surface area (Å²) in [4.78, 5) is 16.4. The van der Waals surface area contributed by atoms with E-state index in [0.29, 0.717) is 17.7 Å². The minimum atomic E-state index is -0.379. The van der Waals surface area contributed by atoms with Crippen molar-refractivity contribution in [3.63, 3.8) is 0 Å². The Morgan fingerprint density at radius 1 is 1.04 bits per heavy atom. The molecule has 1 aliphatic rings. The number of hydrogen-bond acceptors (Lipinski definition) is 5. The number of phenols is 1. The molecule has 1 aromatic heterocycles. The Morgan fingerprint density at radius 3 is 2.50 bits per heavy atom. The fraction of sp³-hybridized carbons (Fsp3) is 0.286. The number of phenolic OH excluding ortho intramolecular Hbond substituents is 1. The summed E-state index contributed by atoms with van der Waals surface area (Å²) >= 11 is 0. The van der Waals surface area contributed by atoms with Crippen LogP contribution in [-0.4, -0.2) is 36.2 Å². The predicted molar refractivity (Wildman–Crippen MR) is 103 cm³/mol. The lowest BCUT2D eigenvalue weighted by Crippen LogP contribution is -2.46. The number of hydrogen-bond donors (Lipinski definition) is 1. The lowest BCUT2D eigenvalue weighted by Gasteiger charge is -2.36. The summed E-state index contributed by atoms with van der Waals surface area (Å²) in [6.07, 6.45) is 0. The van der Waals surface area contributed by atoms with Crippen LogP contribution in [0.3, 0.4) is 0 Å². The van der Waals surface area contributed by atoms with E-state index in [1.165, 1.54) is 11.8 Å². The highest BCUT2D eigenvalue weighted by atomic mass is 16.4. The zero-order valence-electron chi connectivity index (χ0n) is 14.8. The summed E-state index contributed by atoms with van der Waals surface area (Å²) in [5.74, 6) is 0.178. The maximum atomic E-state index is 11.8. The van der Waals surface area contributed by atoms with Crippen molar-refractivity contribution in [1.29, 1.82) is 0 Å². The molecular formula is C21H22N2O3. The number of para-hydroxylation sites is 1. The van der Waals surface area contributed by atoms with Crippen molar-refractivity contribution < 1.29 is 9.52 Å². The molecule has 1 fully saturated rings. The van der Waals surface area contributed by atoms with E-state index in [1.807, 2.05) is 13.0 Å². The standard InChI is InChI=1S/C21H22N2O3/c1-15-13-20(25)26-21-17(15)7-8-19(24)18(21)14-22-9-11-23(12-10-22)16-5-3-2-4-6-16/h2-8,13,24H,9-12,14H2,1H3. The molecule has 0 aliphatic carbocycles. The monoisotopic (exact) mass is 350 g/mol. The summed E-state index contributed by atoms with van der Waals surface area (Å²) in [5.41, 5.74) is 2.92. The van der Waals surface area contributed by atoms with Gasteiger partial charge in [-0.3, -0.25) is 4.90 Å². The van der Waals surface area contributed by atoms with Gasteiger partial charge in [0, 0.05) is 49.9 Å². The number of fused-ring (bicyclic) bond motifs is 1. The largest absolute Gasteiger partial charge is 0.507 e. The number of aryl methyl sites for hydroxylation is 1. The lowest BCUT2D eigenvalue weighted by atomic mass is 10.1. The molecular weight excluding hydrogens is 328 g/mol. The van der Waals surface area contributed by atoms with Gasteiger partial charge in [-0.15, -0.1) is 0 Å². The Morgan fingerprint density at radius 2 is 1.77 bits per heavy atom. The van der Waals surface area contributed by atoms with E-state index in [1.54, 1.807) is 12.1 Å². The summed E-state index contributed by atoms with van der Waals surface area (Å²) in [6, 6.07) is 15.4. The van der Waals surface area contributed by atoms with E-state index >= 15 is 0 Å². The van der Waals surface area contributed by atoms with Crippen LogP contribution in [0.15, 0.2) is 57.7 Å². The quantitative estimate of drug-likeness (QED) is 0.736. The van der Waals surface area contributed by atoms with Gasteiger partial charge in [0.05, 0.1) is 5.56 Å². The molecule has 2 heterocycles. The molecule has 0 spiro atoms. The SMILES string of the molecule is Cc1cc(=O)oc2c(CN3CCN(c4ccccc4)CC3)c(O)ccc12. The number of nitrogens with zero attached hydrogens (tertiary/aromatic N) is 2. The van der Waals surface area contributed by atoms with Gasteiger partial charge in [0.25, 0.3) is 0 Å². The zero-order valence-corrected chi connectivity index (χ0v) is 14.8. The van der Waals surface area contributed by atoms with Crippen LogP contribution < -0.4 is 10.5 Å². The van der Waals surface area contributed by atoms with Gasteiger partial charge >= 0.3 is 5.63 Å². The highest BCUT2D eigenvalue weighted by Crippen LogP contribution is 2.29. The molecule has 0 saturated carbocycles. The molecule has 5 nitrogen and oxygen atoms in total. The Hall–Kier alpha value is -2.79. The number of piperazine rings is 1. The Kier molecular flexibility index (Phi) is 4.39. The highest BCUT2D eigenvalue weighted by Gasteiger charge is 2.20. The predicted octanol–water partition coefficient (Wildman–Crippen LogP) is 3.13. The van der Waals surface area contributed by atoms with E-state index in [2.05, 4.69) is 34.1 Å². The van der Waals surface area contributed by atoms with E-state index in [0.717, 1.165) is 37.1 Å².